The van der Waals surface area contributed by atoms with Crippen LogP contribution in [0.5, 0.6) is 0 Å². The highest BCUT2D eigenvalue weighted by Crippen LogP contribution is 2.38. The van der Waals surface area contributed by atoms with Gasteiger partial charge in [-0.25, -0.2) is 32.0 Å². The van der Waals surface area contributed by atoms with E-state index in [-0.39, 0.29) is 12.1 Å². The Kier molecular flexibility index (Phi) is 53.2. The molecule has 0 saturated heterocycles. The maximum atomic E-state index is 11.7. The van der Waals surface area contributed by atoms with Gasteiger partial charge in [-0.15, -0.1) is 0 Å². The summed E-state index contributed by atoms with van der Waals surface area (Å²) < 4.78 is 52.0. The van der Waals surface area contributed by atoms with Gasteiger partial charge in [0.05, 0.1) is 29.0 Å². The lowest BCUT2D eigenvalue weighted by molar-refractivity contribution is 0.591. The number of nitrogens with zero attached hydrogens (tertiary/aromatic N) is 6. The molecule has 6 N–H and O–H groups in total. The van der Waals surface area contributed by atoms with E-state index in [4.69, 9.17) is 0 Å². The fourth-order valence-electron chi connectivity index (χ4n) is 7.43. The van der Waals surface area contributed by atoms with Crippen LogP contribution in [0.2, 0.25) is 0 Å². The van der Waals surface area contributed by atoms with E-state index in [1.165, 1.54) is 37.0 Å². The third-order valence-electron chi connectivity index (χ3n) is 10.8. The highest BCUT2D eigenvalue weighted by Gasteiger charge is 2.34. The molecular weight excluding hydrogens is 1160 g/mol. The summed E-state index contributed by atoms with van der Waals surface area (Å²) in [5, 5.41) is 18.4. The number of para-hydroxylation sites is 6. The Morgan fingerprint density at radius 1 is 0.478 bits per heavy atom. The van der Waals surface area contributed by atoms with E-state index in [9.17, 15) is 16.8 Å². The fraction of sp³-hybridized carbons (Fsp3) is 0.486. The molecule has 0 spiro atoms. The molecule has 0 saturated carbocycles. The van der Waals surface area contributed by atoms with Crippen molar-refractivity contribution in [2.24, 2.45) is 0 Å². The number of rotatable bonds is 12. The average molecular weight is 1290 g/mol. The molecule has 9 rings (SSSR count). The minimum Gasteiger partial charge on any atom is -0.383 e. The molecule has 0 bridgehead atoms. The number of anilines is 8. The van der Waals surface area contributed by atoms with Crippen LogP contribution in [-0.4, -0.2) is 94.6 Å². The lowest BCUT2D eigenvalue weighted by Crippen LogP contribution is -2.38. The van der Waals surface area contributed by atoms with Crippen molar-refractivity contribution in [2.75, 3.05) is 66.0 Å². The van der Waals surface area contributed by atoms with Gasteiger partial charge in [0.25, 0.3) is 0 Å². The van der Waals surface area contributed by atoms with Gasteiger partial charge in [0.2, 0.25) is 16.0 Å². The second-order valence-corrected chi connectivity index (χ2v) is 23.4. The molecular formula is C72H124N12O4S2. The number of fused-ring (bicyclic) bond motifs is 3. The van der Waals surface area contributed by atoms with Crippen LogP contribution in [0, 0.1) is 0 Å². The summed E-state index contributed by atoms with van der Waals surface area (Å²) in [4.78, 5) is 14.4. The summed E-state index contributed by atoms with van der Waals surface area (Å²) in [5.74, 6) is 1.66. The van der Waals surface area contributed by atoms with Crippen molar-refractivity contribution in [3.8, 4) is 0 Å². The van der Waals surface area contributed by atoms with Crippen LogP contribution in [0.4, 0.5) is 45.9 Å². The van der Waals surface area contributed by atoms with Crippen LogP contribution in [-0.2, 0) is 20.2 Å². The minimum atomic E-state index is -3.36. The summed E-state index contributed by atoms with van der Waals surface area (Å²) in [7, 11) is -4.62. The van der Waals surface area contributed by atoms with Crippen LogP contribution in [0.15, 0.2) is 164 Å². The van der Waals surface area contributed by atoms with E-state index in [2.05, 4.69) is 164 Å². The molecule has 7 aromatic rings. The average Bonchev–Trinajstić information content (AvgIpc) is 3.04. The Labute approximate surface area is 550 Å². The second-order valence-electron chi connectivity index (χ2n) is 19.9. The SMILES string of the molecule is CC.CC.CC.CC.CC.CC.CC(C)N1CN(S(C)(=O)=O)c2ccccc21.CC(C)N1c2ccccc2NS1(=O)=O.CC(C)Nc1ccccc1.CC(C)Nc1ccccc1.CC(C)Nc1nccc2ccccc12.CC(C)Nc1ncccn1.CCNC. The highest BCUT2D eigenvalue weighted by atomic mass is 32.2. The van der Waals surface area contributed by atoms with E-state index < -0.39 is 20.2 Å². The maximum Gasteiger partial charge on any atom is 0.324 e. The summed E-state index contributed by atoms with van der Waals surface area (Å²) in [6, 6.07) is 49.4. The Balaban J connectivity index is -0.000000474. The third kappa shape index (κ3) is 37.1. The first-order valence-electron chi connectivity index (χ1n) is 32.6. The molecule has 0 fully saturated rings. The molecule has 4 heterocycles. The monoisotopic (exact) mass is 1280 g/mol. The second kappa shape index (κ2) is 53.7. The van der Waals surface area contributed by atoms with Crippen molar-refractivity contribution in [3.63, 3.8) is 0 Å². The largest absolute Gasteiger partial charge is 0.383 e. The number of benzene rings is 5. The van der Waals surface area contributed by atoms with Gasteiger partial charge in [0, 0.05) is 71.6 Å². The molecule has 2 aliphatic rings. The van der Waals surface area contributed by atoms with Crippen molar-refractivity contribution in [2.45, 2.75) is 209 Å². The van der Waals surface area contributed by atoms with Gasteiger partial charge in [-0.2, -0.15) is 8.42 Å². The van der Waals surface area contributed by atoms with Crippen molar-refractivity contribution in [1.29, 1.82) is 0 Å². The molecule has 2 aliphatic heterocycles. The van der Waals surface area contributed by atoms with Crippen LogP contribution < -0.4 is 44.8 Å². The van der Waals surface area contributed by atoms with Gasteiger partial charge in [-0.1, -0.05) is 175 Å². The predicted octanol–water partition coefficient (Wildman–Crippen LogP) is 19.0. The number of nitrogens with one attached hydrogen (secondary N) is 6. The summed E-state index contributed by atoms with van der Waals surface area (Å²) >= 11 is 0. The first-order chi connectivity index (χ1) is 43.0. The molecule has 0 unspecified atom stereocenters. The Bertz CT molecular complexity index is 2880. The van der Waals surface area contributed by atoms with E-state index >= 15 is 0 Å². The smallest absolute Gasteiger partial charge is 0.324 e. The molecule has 18 heteroatoms. The van der Waals surface area contributed by atoms with Crippen LogP contribution in [0.25, 0.3) is 10.8 Å². The number of pyridine rings is 1. The predicted molar refractivity (Wildman–Crippen MR) is 402 cm³/mol. The number of hydrogen-bond donors (Lipinski definition) is 6. The Hall–Kier alpha value is -7.15. The van der Waals surface area contributed by atoms with Crippen molar-refractivity contribution < 1.29 is 16.8 Å². The van der Waals surface area contributed by atoms with E-state index in [1.54, 1.807) is 30.6 Å². The summed E-state index contributed by atoms with van der Waals surface area (Å²) in [6.45, 7) is 52.2. The normalized spacial score (nSPS) is 11.3. The third-order valence-corrected chi connectivity index (χ3v) is 13.5. The van der Waals surface area contributed by atoms with Gasteiger partial charge >= 0.3 is 10.2 Å². The van der Waals surface area contributed by atoms with Gasteiger partial charge in [0.1, 0.15) is 12.5 Å². The summed E-state index contributed by atoms with van der Waals surface area (Å²) in [5.41, 5.74) is 5.53. The van der Waals surface area contributed by atoms with E-state index in [1.807, 2.05) is 201 Å². The molecule has 508 valence electrons. The lowest BCUT2D eigenvalue weighted by Gasteiger charge is -2.23. The molecule has 5 aromatic carbocycles. The maximum absolute atomic E-state index is 11.7. The van der Waals surface area contributed by atoms with Gasteiger partial charge in [0.15, 0.2) is 0 Å². The lowest BCUT2D eigenvalue weighted by atomic mass is 10.1. The molecule has 0 aliphatic carbocycles. The first kappa shape index (κ1) is 89.3. The molecule has 90 heavy (non-hydrogen) atoms. The zero-order valence-corrected chi connectivity index (χ0v) is 62.2. The molecule has 16 nitrogen and oxygen atoms in total. The number of hydrogen-bond acceptors (Lipinski definition) is 13. The van der Waals surface area contributed by atoms with Crippen molar-refractivity contribution in [3.05, 3.63) is 164 Å². The Morgan fingerprint density at radius 3 is 1.29 bits per heavy atom. The minimum absolute atomic E-state index is 0.0730. The first-order valence-corrected chi connectivity index (χ1v) is 35.9. The fourth-order valence-corrected chi connectivity index (χ4v) is 9.80. The van der Waals surface area contributed by atoms with Crippen molar-refractivity contribution >= 4 is 76.9 Å². The van der Waals surface area contributed by atoms with Gasteiger partial charge < -0.3 is 31.5 Å². The number of sulfonamides is 1. The van der Waals surface area contributed by atoms with Crippen LogP contribution >= 0.6 is 0 Å². The topological polar surface area (TPSA) is 189 Å². The van der Waals surface area contributed by atoms with Gasteiger partial charge in [-0.05, 0) is 163 Å². The quantitative estimate of drug-likeness (QED) is 0.0679. The highest BCUT2D eigenvalue weighted by molar-refractivity contribution is 7.94. The standard InChI is InChI=1S/C12H14N2.C11H16N2O2S.C9H12N2O2S.2C9H13N.C7H11N3.C3H9N.6C2H6/c1-9(2)14-12-11-6-4-3-5-10(11)7-8-13-12;1-9(2)12-8-13(16(3,14)15)11-7-5-4-6-10(11)12;1-7(2)11-9-6-4-3-5-8(9)10-14(11,12)13;2*1-8(2)10-9-6-4-3-5-7-9;1-6(2)10-7-8-4-3-5-9-7;1-3-4-2;6*1-2/h3-9H,1-2H3,(H,13,14);4-7,9H,8H2,1-3H3;3-7,10H,1-2H3;2*3-8,10H,1-2H3;3-6H,1-2H3,(H,8,9,10);4H,3H2,1-2H3;6*1-2H3. The van der Waals surface area contributed by atoms with Crippen molar-refractivity contribution in [1.82, 2.24) is 20.3 Å². The zero-order chi connectivity index (χ0) is 69.8. The van der Waals surface area contributed by atoms with Gasteiger partial charge in [-0.3, -0.25) is 4.72 Å². The van der Waals surface area contributed by atoms with Crippen LogP contribution in [0.1, 0.15) is 173 Å². The number of aromatic nitrogens is 3. The van der Waals surface area contributed by atoms with E-state index in [0.717, 1.165) is 29.4 Å². The molecule has 2 aromatic heterocycles. The Morgan fingerprint density at radius 2 is 0.878 bits per heavy atom. The molecule has 0 amide bonds. The molecule has 0 atom stereocenters. The zero-order valence-electron chi connectivity index (χ0n) is 60.6. The van der Waals surface area contributed by atoms with E-state index in [0.29, 0.717) is 42.5 Å². The summed E-state index contributed by atoms with van der Waals surface area (Å²) in [6.07, 6.45) is 6.52. The molecule has 0 radical (unpaired) electrons. The van der Waals surface area contributed by atoms with Crippen LogP contribution in [0.3, 0.4) is 0 Å².